The Morgan fingerprint density at radius 1 is 1.55 bits per heavy atom. The normalized spacial score (nSPS) is 17.9. The van der Waals surface area contributed by atoms with Crippen molar-refractivity contribution < 1.29 is 14.3 Å². The molecular formula is C16H23N3O3. The van der Waals surface area contributed by atoms with Crippen molar-refractivity contribution >= 4 is 11.8 Å². The Balaban J connectivity index is 1.92. The van der Waals surface area contributed by atoms with Gasteiger partial charge < -0.3 is 15.0 Å². The van der Waals surface area contributed by atoms with Crippen LogP contribution in [0.4, 0.5) is 0 Å². The standard InChI is InChI=1S/C16H23N3O3/c1-4-22-16-12(6-5-7-17-16)9-18-15(21)13-8-14(20)19(10-13)11(2)3/h5-7,11,13H,4,8-10H2,1-3H3,(H,18,21)/t13-/m1/s1. The Hall–Kier alpha value is -2.11. The first-order chi connectivity index (χ1) is 10.5. The van der Waals surface area contributed by atoms with Crippen LogP contribution in [0.3, 0.4) is 0 Å². The van der Waals surface area contributed by atoms with Gasteiger partial charge >= 0.3 is 0 Å². The molecule has 1 aromatic rings. The van der Waals surface area contributed by atoms with Gasteiger partial charge in [-0.1, -0.05) is 6.07 Å². The third-order valence-corrected chi connectivity index (χ3v) is 3.74. The SMILES string of the molecule is CCOc1ncccc1CNC(=O)[C@@H]1CC(=O)N(C(C)C)C1. The van der Waals surface area contributed by atoms with Crippen LogP contribution in [0.15, 0.2) is 18.3 Å². The fourth-order valence-corrected chi connectivity index (χ4v) is 2.56. The second-order valence-corrected chi connectivity index (χ2v) is 5.66. The molecule has 6 heteroatoms. The number of hydrogen-bond acceptors (Lipinski definition) is 4. The first-order valence-electron chi connectivity index (χ1n) is 7.66. The number of pyridine rings is 1. The maximum absolute atomic E-state index is 12.3. The van der Waals surface area contributed by atoms with Crippen molar-refractivity contribution in [2.45, 2.75) is 39.8 Å². The third-order valence-electron chi connectivity index (χ3n) is 3.74. The van der Waals surface area contributed by atoms with Crippen LogP contribution in [0.5, 0.6) is 5.88 Å². The second kappa shape index (κ2) is 7.24. The van der Waals surface area contributed by atoms with Crippen LogP contribution in [0, 0.1) is 5.92 Å². The lowest BCUT2D eigenvalue weighted by Gasteiger charge is -2.20. The maximum Gasteiger partial charge on any atom is 0.225 e. The Labute approximate surface area is 130 Å². The zero-order valence-electron chi connectivity index (χ0n) is 13.3. The molecule has 2 heterocycles. The topological polar surface area (TPSA) is 71.5 Å². The monoisotopic (exact) mass is 305 g/mol. The first kappa shape index (κ1) is 16.3. The molecule has 0 unspecified atom stereocenters. The minimum Gasteiger partial charge on any atom is -0.478 e. The van der Waals surface area contributed by atoms with Crippen LogP contribution in [0.2, 0.25) is 0 Å². The van der Waals surface area contributed by atoms with E-state index in [0.29, 0.717) is 25.6 Å². The highest BCUT2D eigenvalue weighted by molar-refractivity contribution is 5.89. The largest absolute Gasteiger partial charge is 0.478 e. The quantitative estimate of drug-likeness (QED) is 0.861. The van der Waals surface area contributed by atoms with Crippen molar-refractivity contribution in [1.29, 1.82) is 0 Å². The number of nitrogens with one attached hydrogen (secondary N) is 1. The van der Waals surface area contributed by atoms with Gasteiger partial charge in [-0.3, -0.25) is 9.59 Å². The molecule has 1 atom stereocenters. The van der Waals surface area contributed by atoms with E-state index in [1.165, 1.54) is 0 Å². The Morgan fingerprint density at radius 3 is 2.95 bits per heavy atom. The molecule has 1 aliphatic rings. The molecule has 120 valence electrons. The van der Waals surface area contributed by atoms with E-state index in [1.807, 2.05) is 32.9 Å². The number of carbonyl (C=O) groups is 2. The molecule has 1 saturated heterocycles. The summed E-state index contributed by atoms with van der Waals surface area (Å²) in [6.07, 6.45) is 1.95. The van der Waals surface area contributed by atoms with E-state index < -0.39 is 0 Å². The Bertz CT molecular complexity index is 545. The molecule has 0 aliphatic carbocycles. The summed E-state index contributed by atoms with van der Waals surface area (Å²) in [5.41, 5.74) is 0.836. The number of carbonyl (C=O) groups excluding carboxylic acids is 2. The molecule has 0 aromatic carbocycles. The molecule has 0 saturated carbocycles. The Morgan fingerprint density at radius 2 is 2.32 bits per heavy atom. The molecule has 2 rings (SSSR count). The zero-order chi connectivity index (χ0) is 16.1. The van der Waals surface area contributed by atoms with Crippen molar-refractivity contribution in [1.82, 2.24) is 15.2 Å². The number of amides is 2. The van der Waals surface area contributed by atoms with Gasteiger partial charge in [0.05, 0.1) is 12.5 Å². The summed E-state index contributed by atoms with van der Waals surface area (Å²) in [6.45, 7) is 7.19. The number of ether oxygens (including phenoxy) is 1. The van der Waals surface area contributed by atoms with E-state index in [0.717, 1.165) is 5.56 Å². The lowest BCUT2D eigenvalue weighted by atomic mass is 10.1. The summed E-state index contributed by atoms with van der Waals surface area (Å²) in [5, 5.41) is 2.88. The van der Waals surface area contributed by atoms with Crippen LogP contribution in [0.1, 0.15) is 32.8 Å². The summed E-state index contributed by atoms with van der Waals surface area (Å²) in [4.78, 5) is 30.0. The van der Waals surface area contributed by atoms with Crippen molar-refractivity contribution in [2.75, 3.05) is 13.2 Å². The zero-order valence-corrected chi connectivity index (χ0v) is 13.3. The number of likely N-dealkylation sites (tertiary alicyclic amines) is 1. The van der Waals surface area contributed by atoms with Crippen LogP contribution in [0.25, 0.3) is 0 Å². The van der Waals surface area contributed by atoms with Crippen molar-refractivity contribution in [3.8, 4) is 5.88 Å². The number of hydrogen-bond donors (Lipinski definition) is 1. The minimum absolute atomic E-state index is 0.0477. The van der Waals surface area contributed by atoms with Crippen LogP contribution in [-0.2, 0) is 16.1 Å². The highest BCUT2D eigenvalue weighted by atomic mass is 16.5. The van der Waals surface area contributed by atoms with Gasteiger partial charge in [0, 0.05) is 37.3 Å². The van der Waals surface area contributed by atoms with E-state index >= 15 is 0 Å². The van der Waals surface area contributed by atoms with Crippen LogP contribution < -0.4 is 10.1 Å². The van der Waals surface area contributed by atoms with E-state index in [-0.39, 0.29) is 30.2 Å². The molecule has 1 N–H and O–H groups in total. The molecule has 1 aromatic heterocycles. The molecular weight excluding hydrogens is 282 g/mol. The van der Waals surface area contributed by atoms with Crippen molar-refractivity contribution in [3.63, 3.8) is 0 Å². The smallest absolute Gasteiger partial charge is 0.225 e. The predicted molar refractivity (Wildman–Crippen MR) is 82.2 cm³/mol. The maximum atomic E-state index is 12.3. The fraction of sp³-hybridized carbons (Fsp3) is 0.562. The predicted octanol–water partition coefficient (Wildman–Crippen LogP) is 1.35. The lowest BCUT2D eigenvalue weighted by molar-refractivity contribution is -0.130. The van der Waals surface area contributed by atoms with Crippen LogP contribution >= 0.6 is 0 Å². The van der Waals surface area contributed by atoms with Gasteiger partial charge in [0.1, 0.15) is 0 Å². The number of aromatic nitrogens is 1. The fourth-order valence-electron chi connectivity index (χ4n) is 2.56. The molecule has 1 fully saturated rings. The van der Waals surface area contributed by atoms with E-state index in [2.05, 4.69) is 10.3 Å². The molecule has 0 spiro atoms. The summed E-state index contributed by atoms with van der Waals surface area (Å²) in [7, 11) is 0. The van der Waals surface area contributed by atoms with Gasteiger partial charge in [0.25, 0.3) is 0 Å². The second-order valence-electron chi connectivity index (χ2n) is 5.66. The molecule has 1 aliphatic heterocycles. The number of nitrogens with zero attached hydrogens (tertiary/aromatic N) is 2. The van der Waals surface area contributed by atoms with Gasteiger partial charge in [-0.15, -0.1) is 0 Å². The Kier molecular flexibility index (Phi) is 5.35. The molecule has 0 radical (unpaired) electrons. The summed E-state index contributed by atoms with van der Waals surface area (Å²) >= 11 is 0. The highest BCUT2D eigenvalue weighted by Gasteiger charge is 2.35. The molecule has 2 amide bonds. The number of rotatable bonds is 6. The van der Waals surface area contributed by atoms with Gasteiger partial charge in [-0.2, -0.15) is 0 Å². The van der Waals surface area contributed by atoms with Gasteiger partial charge in [0.15, 0.2) is 0 Å². The molecule has 22 heavy (non-hydrogen) atoms. The first-order valence-corrected chi connectivity index (χ1v) is 7.66. The summed E-state index contributed by atoms with van der Waals surface area (Å²) < 4.78 is 5.44. The average molecular weight is 305 g/mol. The van der Waals surface area contributed by atoms with E-state index in [9.17, 15) is 9.59 Å². The highest BCUT2D eigenvalue weighted by Crippen LogP contribution is 2.21. The minimum atomic E-state index is -0.276. The van der Waals surface area contributed by atoms with Gasteiger partial charge in [-0.05, 0) is 26.8 Å². The van der Waals surface area contributed by atoms with Gasteiger partial charge in [0.2, 0.25) is 17.7 Å². The van der Waals surface area contributed by atoms with E-state index in [1.54, 1.807) is 11.1 Å². The summed E-state index contributed by atoms with van der Waals surface area (Å²) in [6, 6.07) is 3.82. The van der Waals surface area contributed by atoms with Crippen molar-refractivity contribution in [2.24, 2.45) is 5.92 Å². The average Bonchev–Trinajstić information content (AvgIpc) is 2.88. The molecule has 6 nitrogen and oxygen atoms in total. The summed E-state index contributed by atoms with van der Waals surface area (Å²) in [5.74, 6) is 0.216. The third kappa shape index (κ3) is 3.75. The van der Waals surface area contributed by atoms with E-state index in [4.69, 9.17) is 4.74 Å². The van der Waals surface area contributed by atoms with Gasteiger partial charge in [-0.25, -0.2) is 4.98 Å². The lowest BCUT2D eigenvalue weighted by Crippen LogP contribution is -2.35. The van der Waals surface area contributed by atoms with Crippen LogP contribution in [-0.4, -0.2) is 40.9 Å². The molecule has 0 bridgehead atoms. The van der Waals surface area contributed by atoms with Crippen molar-refractivity contribution in [3.05, 3.63) is 23.9 Å².